The number of aromatic nitrogens is 6. The maximum Gasteiger partial charge on any atom is 0.237 e. The first-order valence-electron chi connectivity index (χ1n) is 29.7. The van der Waals surface area contributed by atoms with Crippen molar-refractivity contribution < 1.29 is 0 Å². The van der Waals surface area contributed by atoms with Crippen LogP contribution in [-0.4, -0.2) is 27.4 Å². The summed E-state index contributed by atoms with van der Waals surface area (Å²) in [5.74, 6) is 0. The zero-order chi connectivity index (χ0) is 57.9. The van der Waals surface area contributed by atoms with E-state index >= 15 is 0 Å². The van der Waals surface area contributed by atoms with Crippen LogP contribution >= 0.6 is 0 Å². The fourth-order valence-corrected chi connectivity index (χ4v) is 15.2. The fraction of sp³-hybridized carbons (Fsp3) is 0. The number of fused-ring (bicyclic) bond motifs is 20. The molecule has 19 rings (SSSR count). The van der Waals surface area contributed by atoms with Crippen LogP contribution in [0.15, 0.2) is 279 Å². The zero-order valence-corrected chi connectivity index (χ0v) is 47.1. The molecule has 0 fully saturated rings. The second-order valence-corrected chi connectivity index (χ2v) is 22.9. The Morgan fingerprint density at radius 1 is 0.239 bits per heavy atom. The van der Waals surface area contributed by atoms with Crippen molar-refractivity contribution in [3.05, 3.63) is 296 Å². The molecule has 88 heavy (non-hydrogen) atoms. The minimum Gasteiger partial charge on any atom is -0.317 e. The lowest BCUT2D eigenvalue weighted by Gasteiger charge is -2.27. The number of nitriles is 1. The second-order valence-electron chi connectivity index (χ2n) is 22.9. The van der Waals surface area contributed by atoms with Crippen LogP contribution in [0.2, 0.25) is 0 Å². The quantitative estimate of drug-likeness (QED) is 0.153. The van der Waals surface area contributed by atoms with Gasteiger partial charge < -0.3 is 27.4 Å². The van der Waals surface area contributed by atoms with Gasteiger partial charge in [0.1, 0.15) is 6.07 Å². The molecule has 0 aliphatic rings. The van der Waals surface area contributed by atoms with E-state index in [1.54, 1.807) is 0 Å². The monoisotopic (exact) mass is 1120 g/mol. The van der Waals surface area contributed by atoms with E-state index in [0.717, 1.165) is 142 Å². The van der Waals surface area contributed by atoms with Crippen molar-refractivity contribution in [2.75, 3.05) is 0 Å². The number of hydrogen-bond donors (Lipinski definition) is 0. The number of benzene rings is 13. The van der Waals surface area contributed by atoms with Crippen molar-refractivity contribution in [2.45, 2.75) is 0 Å². The minimum absolute atomic E-state index is 0.325. The van der Waals surface area contributed by atoms with Gasteiger partial charge in [-0.15, -0.1) is 0 Å². The predicted molar refractivity (Wildman–Crippen MR) is 363 cm³/mol. The molecule has 406 valence electrons. The Bertz CT molecular complexity index is 6060. The van der Waals surface area contributed by atoms with Gasteiger partial charge in [0.05, 0.1) is 101 Å². The average Bonchev–Trinajstić information content (AvgIpc) is 1.49. The van der Waals surface area contributed by atoms with Crippen LogP contribution in [0.5, 0.6) is 0 Å². The molecule has 13 aromatic carbocycles. The molecule has 0 aliphatic heterocycles. The van der Waals surface area contributed by atoms with Gasteiger partial charge in [0.15, 0.2) is 0 Å². The van der Waals surface area contributed by atoms with Crippen LogP contribution in [0.3, 0.4) is 0 Å². The highest BCUT2D eigenvalue weighted by Crippen LogP contribution is 2.54. The summed E-state index contributed by atoms with van der Waals surface area (Å²) >= 11 is 0. The van der Waals surface area contributed by atoms with E-state index < -0.39 is 0 Å². The molecule has 0 saturated carbocycles. The summed E-state index contributed by atoms with van der Waals surface area (Å²) in [4.78, 5) is 4.98. The first-order chi connectivity index (χ1) is 43.7. The topological polar surface area (TPSA) is 57.7 Å². The van der Waals surface area contributed by atoms with Crippen molar-refractivity contribution in [2.24, 2.45) is 0 Å². The lowest BCUT2D eigenvalue weighted by Crippen LogP contribution is -2.15. The Balaban J connectivity index is 1.15. The molecule has 8 nitrogen and oxygen atoms in total. The molecule has 0 spiro atoms. The van der Waals surface area contributed by atoms with Crippen molar-refractivity contribution >= 4 is 137 Å². The van der Waals surface area contributed by atoms with E-state index in [4.69, 9.17) is 4.85 Å². The van der Waals surface area contributed by atoms with Crippen LogP contribution in [0.25, 0.3) is 170 Å². The van der Waals surface area contributed by atoms with Crippen LogP contribution < -0.4 is 0 Å². The fourth-order valence-electron chi connectivity index (χ4n) is 15.2. The number of hydrogen-bond acceptors (Lipinski definition) is 1. The van der Waals surface area contributed by atoms with E-state index in [1.165, 1.54) is 0 Å². The second kappa shape index (κ2) is 18.1. The van der Waals surface area contributed by atoms with E-state index in [-0.39, 0.29) is 0 Å². The van der Waals surface area contributed by atoms with Crippen molar-refractivity contribution in [3.63, 3.8) is 0 Å². The lowest BCUT2D eigenvalue weighted by molar-refractivity contribution is 1.03. The molecule has 0 radical (unpaired) electrons. The average molecular weight is 1120 g/mol. The third-order valence-corrected chi connectivity index (χ3v) is 18.6. The zero-order valence-electron chi connectivity index (χ0n) is 47.1. The number of nitrogens with zero attached hydrogens (tertiary/aromatic N) is 8. The lowest BCUT2D eigenvalue weighted by atomic mass is 10.0. The summed E-state index contributed by atoms with van der Waals surface area (Å²) in [5.41, 5.74) is 16.6. The molecular weight excluding hydrogens is 1070 g/mol. The van der Waals surface area contributed by atoms with Gasteiger partial charge in [-0.1, -0.05) is 206 Å². The predicted octanol–water partition coefficient (Wildman–Crippen LogP) is 20.7. The minimum atomic E-state index is 0.325. The van der Waals surface area contributed by atoms with Gasteiger partial charge >= 0.3 is 0 Å². The Labute approximate surface area is 502 Å². The van der Waals surface area contributed by atoms with Gasteiger partial charge in [-0.25, -0.2) is 4.85 Å². The van der Waals surface area contributed by atoms with Gasteiger partial charge in [0.25, 0.3) is 0 Å². The molecule has 19 aromatic rings. The molecule has 8 heteroatoms. The molecule has 0 bridgehead atoms. The highest BCUT2D eigenvalue weighted by Gasteiger charge is 2.36. The van der Waals surface area contributed by atoms with Crippen molar-refractivity contribution in [1.82, 2.24) is 27.4 Å². The third-order valence-electron chi connectivity index (χ3n) is 18.6. The molecule has 0 atom stereocenters. The first kappa shape index (κ1) is 48.1. The Kier molecular flexibility index (Phi) is 9.87. The normalized spacial score (nSPS) is 12.1. The molecule has 0 unspecified atom stereocenters. The molecule has 6 aromatic heterocycles. The van der Waals surface area contributed by atoms with Gasteiger partial charge in [-0.2, -0.15) is 5.26 Å². The number of rotatable bonds is 6. The van der Waals surface area contributed by atoms with Crippen LogP contribution in [0, 0.1) is 17.9 Å². The highest BCUT2D eigenvalue weighted by molar-refractivity contribution is 6.27. The third kappa shape index (κ3) is 6.24. The summed E-state index contributed by atoms with van der Waals surface area (Å²) in [6, 6.07) is 102. The van der Waals surface area contributed by atoms with Crippen LogP contribution in [0.4, 0.5) is 5.69 Å². The van der Waals surface area contributed by atoms with Crippen LogP contribution in [-0.2, 0) is 0 Å². The molecular formula is C80H46N8. The Morgan fingerprint density at radius 3 is 0.807 bits per heavy atom. The smallest absolute Gasteiger partial charge is 0.237 e. The summed E-state index contributed by atoms with van der Waals surface area (Å²) in [5, 5.41) is 25.8. The van der Waals surface area contributed by atoms with Gasteiger partial charge in [0.2, 0.25) is 5.69 Å². The van der Waals surface area contributed by atoms with Crippen molar-refractivity contribution in [3.8, 4) is 40.2 Å². The maximum atomic E-state index is 13.1. The van der Waals surface area contributed by atoms with E-state index in [2.05, 4.69) is 313 Å². The number of para-hydroxylation sites is 10. The summed E-state index contributed by atoms with van der Waals surface area (Å²) < 4.78 is 14.2. The van der Waals surface area contributed by atoms with Gasteiger partial charge in [-0.3, -0.25) is 0 Å². The summed E-state index contributed by atoms with van der Waals surface area (Å²) in [6.45, 7) is 10.2. The molecule has 0 aliphatic carbocycles. The standard InChI is InChI=1S/C80H46N8/c1-82-72-73(87-70-42-22-14-34-57(70)61-46-44-59-55-32-12-16-36-64(55)83(74(59)76(61)87)49-24-4-2-5-25-49)63(48-81)78(85-66-38-18-8-28-51(66)52-29-9-19-39-67(52)85)80(79(72)86-68-40-20-10-30-53(68)54-31-11-21-41-69(54)86)88-71-43-23-15-35-58(71)62-47-45-60-56-33-13-17-37-65(56)84(75(60)77(62)88)50-26-6-3-7-27-50/h2-47H. The largest absolute Gasteiger partial charge is 0.317 e. The molecule has 6 heterocycles. The van der Waals surface area contributed by atoms with E-state index in [0.29, 0.717) is 34.0 Å². The molecule has 0 saturated heterocycles. The first-order valence-corrected chi connectivity index (χ1v) is 29.7. The Morgan fingerprint density at radius 2 is 0.489 bits per heavy atom. The van der Waals surface area contributed by atoms with Crippen LogP contribution in [0.1, 0.15) is 5.56 Å². The molecule has 0 N–H and O–H groups in total. The Hall–Kier alpha value is -12.4. The maximum absolute atomic E-state index is 13.1. The summed E-state index contributed by atoms with van der Waals surface area (Å²) in [6.07, 6.45) is 0. The van der Waals surface area contributed by atoms with E-state index in [9.17, 15) is 11.8 Å². The van der Waals surface area contributed by atoms with Crippen molar-refractivity contribution in [1.29, 1.82) is 5.26 Å². The molecule has 0 amide bonds. The van der Waals surface area contributed by atoms with Gasteiger partial charge in [0, 0.05) is 76.0 Å². The van der Waals surface area contributed by atoms with Gasteiger partial charge in [-0.05, 0) is 72.8 Å². The van der Waals surface area contributed by atoms with E-state index in [1.807, 2.05) is 0 Å². The highest BCUT2D eigenvalue weighted by atomic mass is 15.2. The summed E-state index contributed by atoms with van der Waals surface area (Å²) in [7, 11) is 0. The SMILES string of the molecule is [C-]#[N+]c1c(-n2c3ccccc3c3ccccc32)c(-n2c3ccccc3c3ccc4c5ccccc5n(-c5ccccc5)c4c32)c(-n2c3ccccc3c3ccccc32)c(C#N)c1-n1c2ccccc2c2ccc3c4ccccc4n(-c4ccccc4)c3c21.